The van der Waals surface area contributed by atoms with Gasteiger partial charge in [0.1, 0.15) is 0 Å². The van der Waals surface area contributed by atoms with Crippen LogP contribution in [0.25, 0.3) is 0 Å². The highest BCUT2D eigenvalue weighted by Crippen LogP contribution is 2.23. The number of esters is 1. The van der Waals surface area contributed by atoms with Crippen LogP contribution >= 0.6 is 11.6 Å². The van der Waals surface area contributed by atoms with E-state index < -0.39 is 5.97 Å². The molecule has 0 amide bonds. The summed E-state index contributed by atoms with van der Waals surface area (Å²) in [5.41, 5.74) is 13.8. The Balaban J connectivity index is 1.71. The number of nitrogens with one attached hydrogen (secondary N) is 1. The lowest BCUT2D eigenvalue weighted by Crippen LogP contribution is -2.12. The van der Waals surface area contributed by atoms with Crippen LogP contribution in [0.3, 0.4) is 0 Å². The third-order valence-electron chi connectivity index (χ3n) is 3.61. The third-order valence-corrected chi connectivity index (χ3v) is 3.94. The minimum Gasteiger partial charge on any atom is -0.454 e. The molecule has 138 valence electrons. The van der Waals surface area contributed by atoms with Crippen molar-refractivity contribution in [2.75, 3.05) is 16.8 Å². The molecule has 0 unspecified atom stereocenters. The van der Waals surface area contributed by atoms with E-state index in [1.807, 2.05) is 31.2 Å². The molecule has 9 heteroatoms. The number of para-hydroxylation sites is 1. The summed E-state index contributed by atoms with van der Waals surface area (Å²) in [6, 6.07) is 12.4. The Morgan fingerprint density at radius 3 is 2.59 bits per heavy atom. The van der Waals surface area contributed by atoms with Gasteiger partial charge in [-0.3, -0.25) is 0 Å². The summed E-state index contributed by atoms with van der Waals surface area (Å²) < 4.78 is 5.21. The molecule has 27 heavy (non-hydrogen) atoms. The van der Waals surface area contributed by atoms with E-state index in [0.717, 1.165) is 11.3 Å². The number of hydrogen-bond donors (Lipinski definition) is 3. The molecule has 2 aromatic carbocycles. The zero-order valence-electron chi connectivity index (χ0n) is 14.4. The maximum atomic E-state index is 12.2. The van der Waals surface area contributed by atoms with E-state index in [4.69, 9.17) is 27.8 Å². The number of halogens is 1. The third kappa shape index (κ3) is 4.62. The molecule has 0 saturated heterocycles. The van der Waals surface area contributed by atoms with Crippen LogP contribution in [0.4, 0.5) is 23.3 Å². The molecule has 3 rings (SSSR count). The van der Waals surface area contributed by atoms with Crippen molar-refractivity contribution in [1.82, 2.24) is 15.0 Å². The van der Waals surface area contributed by atoms with Gasteiger partial charge in [0.25, 0.3) is 0 Å². The number of aryl methyl sites for hydroxylation is 1. The summed E-state index contributed by atoms with van der Waals surface area (Å²) in [5.74, 6) is -0.180. The number of carbonyl (C=O) groups is 1. The van der Waals surface area contributed by atoms with Gasteiger partial charge in [-0.15, -0.1) is 0 Å². The molecule has 0 atom stereocenters. The Morgan fingerprint density at radius 2 is 1.85 bits per heavy atom. The number of carbonyl (C=O) groups excluding carboxylic acids is 1. The van der Waals surface area contributed by atoms with E-state index in [1.165, 1.54) is 6.07 Å². The summed E-state index contributed by atoms with van der Waals surface area (Å²) in [6.45, 7) is 1.80. The number of ether oxygens (including phenoxy) is 1. The van der Waals surface area contributed by atoms with Gasteiger partial charge in [-0.05, 0) is 31.2 Å². The SMILES string of the molecule is Cc1ccc(Nc2nc(N)nc(COC(=O)c3cccc(Cl)c3N)n2)cc1. The number of benzene rings is 2. The van der Waals surface area contributed by atoms with Crippen molar-refractivity contribution in [2.24, 2.45) is 0 Å². The van der Waals surface area contributed by atoms with Crippen LogP contribution in [0, 0.1) is 6.92 Å². The molecule has 0 radical (unpaired) electrons. The van der Waals surface area contributed by atoms with Crippen LogP contribution in [0.1, 0.15) is 21.7 Å². The molecule has 0 bridgehead atoms. The van der Waals surface area contributed by atoms with Gasteiger partial charge < -0.3 is 21.5 Å². The van der Waals surface area contributed by atoms with E-state index in [2.05, 4.69) is 20.3 Å². The molecule has 1 heterocycles. The Hall–Kier alpha value is -3.39. The summed E-state index contributed by atoms with van der Waals surface area (Å²) in [4.78, 5) is 24.4. The predicted molar refractivity (Wildman–Crippen MR) is 104 cm³/mol. The largest absolute Gasteiger partial charge is 0.454 e. The number of hydrogen-bond acceptors (Lipinski definition) is 8. The van der Waals surface area contributed by atoms with E-state index in [0.29, 0.717) is 0 Å². The minimum absolute atomic E-state index is 0.00734. The summed E-state index contributed by atoms with van der Waals surface area (Å²) in [7, 11) is 0. The van der Waals surface area contributed by atoms with E-state index in [9.17, 15) is 4.79 Å². The average molecular weight is 385 g/mol. The second-order valence-corrected chi connectivity index (χ2v) is 6.11. The fourth-order valence-corrected chi connectivity index (χ4v) is 2.42. The summed E-state index contributed by atoms with van der Waals surface area (Å²) in [5, 5.41) is 3.30. The lowest BCUT2D eigenvalue weighted by atomic mass is 10.2. The van der Waals surface area contributed by atoms with Crippen molar-refractivity contribution < 1.29 is 9.53 Å². The Morgan fingerprint density at radius 1 is 1.11 bits per heavy atom. The smallest absolute Gasteiger partial charge is 0.340 e. The van der Waals surface area contributed by atoms with Crippen LogP contribution in [0.5, 0.6) is 0 Å². The van der Waals surface area contributed by atoms with Crippen molar-refractivity contribution in [3.63, 3.8) is 0 Å². The maximum absolute atomic E-state index is 12.2. The number of anilines is 4. The normalized spacial score (nSPS) is 10.4. The Kier molecular flexibility index (Phi) is 5.37. The maximum Gasteiger partial charge on any atom is 0.340 e. The highest BCUT2D eigenvalue weighted by molar-refractivity contribution is 6.33. The van der Waals surface area contributed by atoms with Gasteiger partial charge in [0, 0.05) is 5.69 Å². The van der Waals surface area contributed by atoms with Crippen LogP contribution in [-0.2, 0) is 11.3 Å². The molecule has 5 N–H and O–H groups in total. The van der Waals surface area contributed by atoms with E-state index in [-0.39, 0.29) is 40.6 Å². The van der Waals surface area contributed by atoms with E-state index in [1.54, 1.807) is 12.1 Å². The number of aromatic nitrogens is 3. The van der Waals surface area contributed by atoms with Crippen molar-refractivity contribution in [2.45, 2.75) is 13.5 Å². The van der Waals surface area contributed by atoms with Crippen LogP contribution in [-0.4, -0.2) is 20.9 Å². The first-order valence-electron chi connectivity index (χ1n) is 7.97. The van der Waals surface area contributed by atoms with E-state index >= 15 is 0 Å². The number of nitrogens with two attached hydrogens (primary N) is 2. The molecule has 1 aromatic heterocycles. The van der Waals surface area contributed by atoms with Gasteiger partial charge in [0.05, 0.1) is 16.3 Å². The van der Waals surface area contributed by atoms with Gasteiger partial charge in [0.15, 0.2) is 12.4 Å². The second kappa shape index (κ2) is 7.88. The van der Waals surface area contributed by atoms with Gasteiger partial charge in [0.2, 0.25) is 11.9 Å². The molecular weight excluding hydrogens is 368 g/mol. The van der Waals surface area contributed by atoms with Crippen molar-refractivity contribution in [3.8, 4) is 0 Å². The van der Waals surface area contributed by atoms with Crippen molar-refractivity contribution in [1.29, 1.82) is 0 Å². The minimum atomic E-state index is -0.637. The van der Waals surface area contributed by atoms with Crippen LogP contribution in [0.2, 0.25) is 5.02 Å². The second-order valence-electron chi connectivity index (χ2n) is 5.70. The molecule has 0 fully saturated rings. The first-order chi connectivity index (χ1) is 12.9. The van der Waals surface area contributed by atoms with Crippen LogP contribution in [0.15, 0.2) is 42.5 Å². The quantitative estimate of drug-likeness (QED) is 0.452. The summed E-state index contributed by atoms with van der Waals surface area (Å²) >= 11 is 5.91. The Bertz CT molecular complexity index is 978. The first-order valence-corrected chi connectivity index (χ1v) is 8.35. The standard InChI is InChI=1S/C18H17ClN6O2/c1-10-5-7-11(8-6-10)22-18-24-14(23-17(21)25-18)9-27-16(26)12-3-2-4-13(19)15(12)20/h2-8H,9,20H2,1H3,(H3,21,22,23,24,25). The highest BCUT2D eigenvalue weighted by atomic mass is 35.5. The number of rotatable bonds is 5. The van der Waals surface area contributed by atoms with Crippen molar-refractivity contribution in [3.05, 3.63) is 64.4 Å². The fraction of sp³-hybridized carbons (Fsp3) is 0.111. The zero-order valence-corrected chi connectivity index (χ0v) is 15.2. The predicted octanol–water partition coefficient (Wildman–Crippen LogP) is 3.10. The fourth-order valence-electron chi connectivity index (χ4n) is 2.25. The van der Waals surface area contributed by atoms with Gasteiger partial charge in [-0.25, -0.2) is 4.79 Å². The molecular formula is C18H17ClN6O2. The molecule has 0 aliphatic heterocycles. The zero-order chi connectivity index (χ0) is 19.4. The van der Waals surface area contributed by atoms with Crippen LogP contribution < -0.4 is 16.8 Å². The molecule has 0 spiro atoms. The molecule has 8 nitrogen and oxygen atoms in total. The first kappa shape index (κ1) is 18.4. The lowest BCUT2D eigenvalue weighted by molar-refractivity contribution is 0.0463. The highest BCUT2D eigenvalue weighted by Gasteiger charge is 2.14. The van der Waals surface area contributed by atoms with Crippen molar-refractivity contribution >= 4 is 40.8 Å². The topological polar surface area (TPSA) is 129 Å². The van der Waals surface area contributed by atoms with Gasteiger partial charge in [-0.2, -0.15) is 15.0 Å². The monoisotopic (exact) mass is 384 g/mol. The molecule has 0 aliphatic rings. The molecule has 0 saturated carbocycles. The molecule has 0 aliphatic carbocycles. The van der Waals surface area contributed by atoms with Gasteiger partial charge >= 0.3 is 5.97 Å². The molecule has 3 aromatic rings. The number of nitrogens with zero attached hydrogens (tertiary/aromatic N) is 3. The number of nitrogen functional groups attached to an aromatic ring is 2. The summed E-state index contributed by atoms with van der Waals surface area (Å²) in [6.07, 6.45) is 0. The Labute approximate surface area is 160 Å². The van der Waals surface area contributed by atoms with Gasteiger partial charge in [-0.1, -0.05) is 35.4 Å². The average Bonchev–Trinajstić information content (AvgIpc) is 2.63. The lowest BCUT2D eigenvalue weighted by Gasteiger charge is -2.09.